The third-order valence-electron chi connectivity index (χ3n) is 13.7. The molecule has 0 N–H and O–H groups in total. The molecule has 0 bridgehead atoms. The number of ether oxygens (including phenoxy) is 1. The van der Waals surface area contributed by atoms with Crippen molar-refractivity contribution in [2.24, 2.45) is 0 Å². The number of hydrogen-bond acceptors (Lipinski definition) is 2. The van der Waals surface area contributed by atoms with E-state index in [9.17, 15) is 0 Å². The molecular formula is C53H47B2NO. The Morgan fingerprint density at radius 1 is 0.456 bits per heavy atom. The monoisotopic (exact) mass is 735 g/mol. The fourth-order valence-electron chi connectivity index (χ4n) is 11.8. The van der Waals surface area contributed by atoms with Gasteiger partial charge in [-0.25, -0.2) is 0 Å². The zero-order chi connectivity index (χ0) is 39.3. The summed E-state index contributed by atoms with van der Waals surface area (Å²) in [6.45, 7) is 21.0. The van der Waals surface area contributed by atoms with Gasteiger partial charge in [0.25, 0.3) is 0 Å². The van der Waals surface area contributed by atoms with E-state index in [0.29, 0.717) is 0 Å². The van der Waals surface area contributed by atoms with Gasteiger partial charge >= 0.3 is 0 Å². The lowest BCUT2D eigenvalue weighted by molar-refractivity contribution is 0.434. The van der Waals surface area contributed by atoms with E-state index in [0.717, 1.165) is 11.5 Å². The molecule has 0 amide bonds. The lowest BCUT2D eigenvalue weighted by atomic mass is 9.28. The summed E-state index contributed by atoms with van der Waals surface area (Å²) in [5.41, 5.74) is 26.2. The Labute approximate surface area is 338 Å². The smallest absolute Gasteiger partial charge is 0.247 e. The lowest BCUT2D eigenvalue weighted by Crippen LogP contribution is -2.68. The van der Waals surface area contributed by atoms with Crippen LogP contribution in [0.15, 0.2) is 121 Å². The standard InChI is InChI=1S/C53H47B2NO/c1-30-24-32(3)47(33(4)25-30)54-41-20-14-18-39-49(41)56-50-40(53(39)37-16-10-12-22-45(37)57-46-23-13-11-17-38(46)53)19-15-21-42(50)55(48-34(5)26-31(2)27-35(48)6)44-29-36(52(7,8)9)28-43(54)51(44)56/h10-29H,1-9H3. The number of benzene rings is 7. The molecule has 1 spiro atoms. The second kappa shape index (κ2) is 11.7. The molecule has 0 unspecified atom stereocenters. The Morgan fingerprint density at radius 3 is 1.28 bits per heavy atom. The van der Waals surface area contributed by atoms with Crippen LogP contribution in [0.5, 0.6) is 11.5 Å². The summed E-state index contributed by atoms with van der Waals surface area (Å²) in [5.74, 6) is 1.84. The van der Waals surface area contributed by atoms with Gasteiger partial charge in [0.2, 0.25) is 13.4 Å². The van der Waals surface area contributed by atoms with Gasteiger partial charge in [-0.1, -0.05) is 174 Å². The quantitative estimate of drug-likeness (QED) is 0.165. The maximum atomic E-state index is 6.83. The van der Waals surface area contributed by atoms with Gasteiger partial charge in [-0.2, -0.15) is 0 Å². The first-order valence-electron chi connectivity index (χ1n) is 20.7. The predicted octanol–water partition coefficient (Wildman–Crippen LogP) is 8.77. The molecule has 57 heavy (non-hydrogen) atoms. The van der Waals surface area contributed by atoms with Gasteiger partial charge in [0.1, 0.15) is 11.5 Å². The molecule has 0 saturated carbocycles. The van der Waals surface area contributed by atoms with Gasteiger partial charge in [-0.05, 0) is 97.6 Å². The number of rotatable bonds is 2. The number of fused-ring (bicyclic) bond motifs is 6. The highest BCUT2D eigenvalue weighted by Gasteiger charge is 2.57. The molecule has 0 saturated heterocycles. The van der Waals surface area contributed by atoms with Gasteiger partial charge in [0.05, 0.1) is 5.41 Å². The van der Waals surface area contributed by atoms with Gasteiger partial charge in [-0.3, -0.25) is 0 Å². The molecule has 276 valence electrons. The van der Waals surface area contributed by atoms with Crippen molar-refractivity contribution in [2.45, 2.75) is 73.1 Å². The maximum absolute atomic E-state index is 6.83. The van der Waals surface area contributed by atoms with Crippen molar-refractivity contribution in [3.05, 3.63) is 183 Å². The highest BCUT2D eigenvalue weighted by Crippen LogP contribution is 2.63. The van der Waals surface area contributed by atoms with Gasteiger partial charge in [0, 0.05) is 28.2 Å². The molecule has 4 aliphatic heterocycles. The van der Waals surface area contributed by atoms with E-state index in [1.807, 2.05) is 0 Å². The second-order valence-corrected chi connectivity index (χ2v) is 18.4. The van der Waals surface area contributed by atoms with Crippen molar-refractivity contribution in [3.8, 4) is 11.5 Å². The molecule has 4 aliphatic rings. The van der Waals surface area contributed by atoms with Gasteiger partial charge in [0.15, 0.2) is 0 Å². The fraction of sp³-hybridized carbons (Fsp3) is 0.208. The minimum atomic E-state index is -0.608. The Morgan fingerprint density at radius 2 is 0.860 bits per heavy atom. The van der Waals surface area contributed by atoms with Crippen LogP contribution in [0.4, 0.5) is 17.1 Å². The summed E-state index contributed by atoms with van der Waals surface area (Å²) in [5, 5.41) is 0. The van der Waals surface area contributed by atoms with Crippen LogP contribution in [0.25, 0.3) is 0 Å². The van der Waals surface area contributed by atoms with Crippen molar-refractivity contribution in [1.82, 2.24) is 0 Å². The van der Waals surface area contributed by atoms with Crippen molar-refractivity contribution >= 4 is 63.3 Å². The molecule has 7 aromatic carbocycles. The SMILES string of the molecule is Cc1cc(C)c(B2c3cc(C(C)(C)C)cc4c3N3c5c2cccc5C2(c5ccccc5Oc5ccccc52)c2cccc(c23)B4c2c(C)cc(C)cc2C)c(C)c1. The van der Waals surface area contributed by atoms with Crippen molar-refractivity contribution < 1.29 is 4.74 Å². The molecule has 0 aliphatic carbocycles. The van der Waals surface area contributed by atoms with Crippen LogP contribution in [0, 0.1) is 41.5 Å². The molecule has 4 heteroatoms. The van der Waals surface area contributed by atoms with Crippen LogP contribution in [0.3, 0.4) is 0 Å². The van der Waals surface area contributed by atoms with E-state index in [4.69, 9.17) is 4.74 Å². The van der Waals surface area contributed by atoms with Crippen molar-refractivity contribution in [2.75, 3.05) is 4.90 Å². The summed E-state index contributed by atoms with van der Waals surface area (Å²) >= 11 is 0. The minimum Gasteiger partial charge on any atom is -0.457 e. The maximum Gasteiger partial charge on any atom is 0.247 e. The summed E-state index contributed by atoms with van der Waals surface area (Å²) in [4.78, 5) is 2.73. The molecule has 4 heterocycles. The van der Waals surface area contributed by atoms with Crippen molar-refractivity contribution in [1.29, 1.82) is 0 Å². The van der Waals surface area contributed by atoms with Crippen LogP contribution in [0.2, 0.25) is 0 Å². The molecule has 7 aromatic rings. The summed E-state index contributed by atoms with van der Waals surface area (Å²) in [6.07, 6.45) is 0. The Kier molecular flexibility index (Phi) is 7.06. The normalized spacial score (nSPS) is 14.9. The highest BCUT2D eigenvalue weighted by atomic mass is 16.5. The van der Waals surface area contributed by atoms with E-state index in [2.05, 4.69) is 189 Å². The average molecular weight is 736 g/mol. The van der Waals surface area contributed by atoms with Gasteiger partial charge < -0.3 is 9.64 Å². The number of nitrogens with zero attached hydrogens (tertiary/aromatic N) is 1. The van der Waals surface area contributed by atoms with E-state index < -0.39 is 5.41 Å². The molecule has 11 rings (SSSR count). The van der Waals surface area contributed by atoms with E-state index in [1.54, 1.807) is 0 Å². The number of aryl methyl sites for hydroxylation is 6. The Balaban J connectivity index is 1.39. The summed E-state index contributed by atoms with van der Waals surface area (Å²) in [6, 6.07) is 46.7. The zero-order valence-electron chi connectivity index (χ0n) is 34.6. The topological polar surface area (TPSA) is 12.5 Å². The van der Waals surface area contributed by atoms with E-state index in [1.165, 1.54) is 111 Å². The van der Waals surface area contributed by atoms with Gasteiger partial charge in [-0.15, -0.1) is 0 Å². The predicted molar refractivity (Wildman–Crippen MR) is 242 cm³/mol. The number of para-hydroxylation sites is 4. The average Bonchev–Trinajstić information content (AvgIpc) is 3.16. The molecule has 0 radical (unpaired) electrons. The summed E-state index contributed by atoms with van der Waals surface area (Å²) in [7, 11) is 0. The highest BCUT2D eigenvalue weighted by molar-refractivity contribution is 7.02. The Hall–Kier alpha value is -5.73. The second-order valence-electron chi connectivity index (χ2n) is 18.4. The van der Waals surface area contributed by atoms with E-state index in [-0.39, 0.29) is 18.8 Å². The fourth-order valence-corrected chi connectivity index (χ4v) is 11.8. The third-order valence-corrected chi connectivity index (χ3v) is 13.7. The van der Waals surface area contributed by atoms with Crippen LogP contribution in [-0.2, 0) is 10.8 Å². The molecule has 2 nitrogen and oxygen atoms in total. The van der Waals surface area contributed by atoms with Crippen LogP contribution >= 0.6 is 0 Å². The molecular weight excluding hydrogens is 688 g/mol. The summed E-state index contributed by atoms with van der Waals surface area (Å²) < 4.78 is 6.83. The zero-order valence-corrected chi connectivity index (χ0v) is 34.6. The number of hydrogen-bond donors (Lipinski definition) is 0. The third kappa shape index (κ3) is 4.45. The Bertz CT molecular complexity index is 2680. The first kappa shape index (κ1) is 34.5. The molecule has 0 aromatic heterocycles. The first-order chi connectivity index (χ1) is 27.4. The molecule has 0 atom stereocenters. The van der Waals surface area contributed by atoms with Crippen LogP contribution < -0.4 is 42.4 Å². The lowest BCUT2D eigenvalue weighted by Gasteiger charge is -2.54. The first-order valence-corrected chi connectivity index (χ1v) is 20.7. The van der Waals surface area contributed by atoms with Crippen molar-refractivity contribution in [3.63, 3.8) is 0 Å². The number of anilines is 3. The largest absolute Gasteiger partial charge is 0.457 e. The van der Waals surface area contributed by atoms with Crippen LogP contribution in [0.1, 0.15) is 82.0 Å². The minimum absolute atomic E-state index is 0.0444. The van der Waals surface area contributed by atoms with E-state index >= 15 is 0 Å². The van der Waals surface area contributed by atoms with Crippen LogP contribution in [-0.4, -0.2) is 13.4 Å². The molecule has 0 fully saturated rings.